The van der Waals surface area contributed by atoms with Gasteiger partial charge < -0.3 is 15.0 Å². The smallest absolute Gasteiger partial charge is 0.323 e. The molecule has 1 aliphatic heterocycles. The first-order valence-electron chi connectivity index (χ1n) is 9.84. The van der Waals surface area contributed by atoms with Crippen molar-refractivity contribution in [2.45, 2.75) is 13.0 Å². The summed E-state index contributed by atoms with van der Waals surface area (Å²) in [4.78, 5) is 29.7. The fraction of sp³-hybridized carbons (Fsp3) is 0.120. The zero-order chi connectivity index (χ0) is 20.8. The summed E-state index contributed by atoms with van der Waals surface area (Å²) >= 11 is 0. The Balaban J connectivity index is 1.80. The number of nitrogens with one attached hydrogen (secondary N) is 1. The summed E-state index contributed by atoms with van der Waals surface area (Å²) in [5, 5.41) is 10.5. The summed E-state index contributed by atoms with van der Waals surface area (Å²) in [5.41, 5.74) is 6.33. The number of carboxylic acids is 1. The number of aromatic amines is 1. The van der Waals surface area contributed by atoms with Gasteiger partial charge in [0.1, 0.15) is 6.54 Å². The molecule has 148 valence electrons. The van der Waals surface area contributed by atoms with E-state index in [0.717, 1.165) is 38.9 Å². The van der Waals surface area contributed by atoms with Gasteiger partial charge in [0.25, 0.3) is 5.91 Å². The molecular weight excluding hydrogens is 376 g/mol. The summed E-state index contributed by atoms with van der Waals surface area (Å²) in [5.74, 6) is -1.28. The molecule has 0 unspecified atom stereocenters. The number of rotatable bonds is 4. The summed E-state index contributed by atoms with van der Waals surface area (Å²) in [7, 11) is 0. The van der Waals surface area contributed by atoms with Crippen LogP contribution in [0, 0.1) is 6.92 Å². The number of hydrogen-bond donors (Lipinski definition) is 2. The normalized spacial score (nSPS) is 15.6. The van der Waals surface area contributed by atoms with Crippen molar-refractivity contribution in [1.82, 2.24) is 9.88 Å². The third kappa shape index (κ3) is 2.78. The molecule has 0 spiro atoms. The molecule has 30 heavy (non-hydrogen) atoms. The van der Waals surface area contributed by atoms with Crippen LogP contribution in [-0.4, -0.2) is 33.4 Å². The summed E-state index contributed by atoms with van der Waals surface area (Å²) in [6, 6.07) is 23.1. The van der Waals surface area contributed by atoms with Crippen molar-refractivity contribution < 1.29 is 14.7 Å². The topological polar surface area (TPSA) is 73.4 Å². The lowest BCUT2D eigenvalue weighted by molar-refractivity contribution is -0.138. The minimum atomic E-state index is -1.03. The third-order valence-electron chi connectivity index (χ3n) is 5.72. The van der Waals surface area contributed by atoms with E-state index in [2.05, 4.69) is 4.98 Å². The molecule has 1 aromatic heterocycles. The first-order chi connectivity index (χ1) is 14.5. The molecule has 0 aliphatic carbocycles. The van der Waals surface area contributed by atoms with Crippen LogP contribution in [0.5, 0.6) is 0 Å². The standard InChI is InChI=1S/C25H20N2O3/c1-15-10-12-16(13-11-15)23-22(19-8-4-5-9-20(19)26-23)24-17-6-2-3-7-18(17)25(30)27(24)14-21(28)29/h2-13,24,26H,14H2,1H3,(H,28,29)/t24-/m1/s1. The Morgan fingerprint density at radius 1 is 1.00 bits per heavy atom. The van der Waals surface area contributed by atoms with Crippen LogP contribution in [-0.2, 0) is 4.79 Å². The van der Waals surface area contributed by atoms with Gasteiger partial charge in [-0.15, -0.1) is 0 Å². The molecule has 2 heterocycles. The average molecular weight is 396 g/mol. The van der Waals surface area contributed by atoms with E-state index in [1.165, 1.54) is 4.90 Å². The number of fused-ring (bicyclic) bond motifs is 2. The lowest BCUT2D eigenvalue weighted by Gasteiger charge is -2.25. The van der Waals surface area contributed by atoms with Gasteiger partial charge in [0.15, 0.2) is 0 Å². The van der Waals surface area contributed by atoms with Gasteiger partial charge in [0.05, 0.1) is 11.7 Å². The van der Waals surface area contributed by atoms with E-state index < -0.39 is 12.0 Å². The monoisotopic (exact) mass is 396 g/mol. The van der Waals surface area contributed by atoms with Crippen LogP contribution in [0.1, 0.15) is 33.1 Å². The molecule has 5 rings (SSSR count). The van der Waals surface area contributed by atoms with Gasteiger partial charge >= 0.3 is 5.97 Å². The Kier molecular flexibility index (Phi) is 4.17. The summed E-state index contributed by atoms with van der Waals surface area (Å²) < 4.78 is 0. The zero-order valence-corrected chi connectivity index (χ0v) is 16.4. The zero-order valence-electron chi connectivity index (χ0n) is 16.4. The Morgan fingerprint density at radius 2 is 1.70 bits per heavy atom. The van der Waals surface area contributed by atoms with Gasteiger partial charge in [-0.05, 0) is 30.2 Å². The number of benzene rings is 3. The highest BCUT2D eigenvalue weighted by Crippen LogP contribution is 2.45. The number of carbonyl (C=O) groups is 2. The predicted molar refractivity (Wildman–Crippen MR) is 115 cm³/mol. The van der Waals surface area contributed by atoms with Crippen LogP contribution in [0.3, 0.4) is 0 Å². The Bertz CT molecular complexity index is 1290. The molecule has 0 saturated carbocycles. The van der Waals surface area contributed by atoms with Crippen molar-refractivity contribution in [2.75, 3.05) is 6.54 Å². The molecule has 5 nitrogen and oxygen atoms in total. The van der Waals surface area contributed by atoms with Crippen LogP contribution >= 0.6 is 0 Å². The minimum Gasteiger partial charge on any atom is -0.480 e. The minimum absolute atomic E-state index is 0.252. The number of amides is 1. The van der Waals surface area contributed by atoms with Crippen molar-refractivity contribution in [2.24, 2.45) is 0 Å². The van der Waals surface area contributed by atoms with E-state index in [1.807, 2.05) is 73.7 Å². The molecule has 4 aromatic rings. The lowest BCUT2D eigenvalue weighted by atomic mass is 9.93. The number of carbonyl (C=O) groups excluding carboxylic acids is 1. The number of aliphatic carboxylic acids is 1. The SMILES string of the molecule is Cc1ccc(-c2[nH]c3ccccc3c2[C@H]2c3ccccc3C(=O)N2CC(=O)O)cc1. The first kappa shape index (κ1) is 18.2. The van der Waals surface area contributed by atoms with Gasteiger partial charge in [-0.3, -0.25) is 9.59 Å². The molecular formula is C25H20N2O3. The highest BCUT2D eigenvalue weighted by Gasteiger charge is 2.40. The second kappa shape index (κ2) is 6.88. The third-order valence-corrected chi connectivity index (χ3v) is 5.72. The van der Waals surface area contributed by atoms with Crippen LogP contribution in [0.2, 0.25) is 0 Å². The highest BCUT2D eigenvalue weighted by molar-refractivity contribution is 6.03. The summed E-state index contributed by atoms with van der Waals surface area (Å²) in [6.45, 7) is 1.68. The number of aromatic nitrogens is 1. The number of carboxylic acid groups (broad SMARTS) is 1. The number of hydrogen-bond acceptors (Lipinski definition) is 2. The molecule has 0 fully saturated rings. The molecule has 1 amide bonds. The number of aryl methyl sites for hydroxylation is 1. The second-order valence-corrected chi connectivity index (χ2v) is 7.64. The fourth-order valence-corrected chi connectivity index (χ4v) is 4.39. The van der Waals surface area contributed by atoms with E-state index >= 15 is 0 Å². The quantitative estimate of drug-likeness (QED) is 0.522. The maximum Gasteiger partial charge on any atom is 0.323 e. The molecule has 0 bridgehead atoms. The van der Waals surface area contributed by atoms with Crippen molar-refractivity contribution in [3.8, 4) is 11.3 Å². The number of nitrogens with zero attached hydrogens (tertiary/aromatic N) is 1. The van der Waals surface area contributed by atoms with E-state index in [0.29, 0.717) is 5.56 Å². The van der Waals surface area contributed by atoms with Gasteiger partial charge in [-0.1, -0.05) is 66.2 Å². The summed E-state index contributed by atoms with van der Waals surface area (Å²) in [6.07, 6.45) is 0. The van der Waals surface area contributed by atoms with Crippen molar-refractivity contribution in [1.29, 1.82) is 0 Å². The Labute approximate surface area is 173 Å². The van der Waals surface area contributed by atoms with Crippen LogP contribution in [0.15, 0.2) is 72.8 Å². The fourth-order valence-electron chi connectivity index (χ4n) is 4.39. The van der Waals surface area contributed by atoms with Gasteiger partial charge in [0, 0.05) is 22.0 Å². The maximum absolute atomic E-state index is 13.1. The maximum atomic E-state index is 13.1. The van der Waals surface area contributed by atoms with E-state index in [9.17, 15) is 14.7 Å². The lowest BCUT2D eigenvalue weighted by Crippen LogP contribution is -2.34. The van der Waals surface area contributed by atoms with Gasteiger partial charge in [-0.25, -0.2) is 0 Å². The number of para-hydroxylation sites is 1. The van der Waals surface area contributed by atoms with Crippen LogP contribution in [0.4, 0.5) is 0 Å². The molecule has 1 atom stereocenters. The Morgan fingerprint density at radius 3 is 2.47 bits per heavy atom. The average Bonchev–Trinajstić information content (AvgIpc) is 3.24. The highest BCUT2D eigenvalue weighted by atomic mass is 16.4. The van der Waals surface area contributed by atoms with E-state index in [-0.39, 0.29) is 12.5 Å². The van der Waals surface area contributed by atoms with Gasteiger partial charge in [-0.2, -0.15) is 0 Å². The van der Waals surface area contributed by atoms with Crippen LogP contribution < -0.4 is 0 Å². The van der Waals surface area contributed by atoms with E-state index in [1.54, 1.807) is 6.07 Å². The molecule has 3 aromatic carbocycles. The van der Waals surface area contributed by atoms with Crippen molar-refractivity contribution >= 4 is 22.8 Å². The largest absolute Gasteiger partial charge is 0.480 e. The number of H-pyrrole nitrogens is 1. The molecule has 0 saturated heterocycles. The molecule has 5 heteroatoms. The molecule has 0 radical (unpaired) electrons. The van der Waals surface area contributed by atoms with Gasteiger partial charge in [0.2, 0.25) is 0 Å². The molecule has 1 aliphatic rings. The Hall–Kier alpha value is -3.86. The predicted octanol–water partition coefficient (Wildman–Crippen LogP) is 4.77. The molecule has 2 N–H and O–H groups in total. The van der Waals surface area contributed by atoms with Crippen LogP contribution in [0.25, 0.3) is 22.2 Å². The van der Waals surface area contributed by atoms with E-state index in [4.69, 9.17) is 0 Å². The van der Waals surface area contributed by atoms with Crippen molar-refractivity contribution in [3.05, 3.63) is 95.1 Å². The van der Waals surface area contributed by atoms with Crippen molar-refractivity contribution in [3.63, 3.8) is 0 Å². The first-order valence-corrected chi connectivity index (χ1v) is 9.84. The second-order valence-electron chi connectivity index (χ2n) is 7.64.